The molecule has 4 nitrogen and oxygen atoms in total. The highest BCUT2D eigenvalue weighted by Gasteiger charge is 2.11. The summed E-state index contributed by atoms with van der Waals surface area (Å²) in [6.07, 6.45) is 5.56. The number of nitrogens with one attached hydrogen (secondary N) is 1. The average Bonchev–Trinajstić information content (AvgIpc) is 2.71. The number of phenols is 1. The van der Waals surface area contributed by atoms with Crippen molar-refractivity contribution in [1.82, 2.24) is 5.32 Å². The number of phenolic OH excluding ortho intramolecular Hbond substituents is 1. The fraction of sp³-hybridized carbons (Fsp3) is 0.269. The van der Waals surface area contributed by atoms with E-state index in [-0.39, 0.29) is 11.7 Å². The van der Waals surface area contributed by atoms with Crippen molar-refractivity contribution in [3.63, 3.8) is 0 Å². The summed E-state index contributed by atoms with van der Waals surface area (Å²) in [5.74, 6) is 1.61. The van der Waals surface area contributed by atoms with Crippen LogP contribution in [0.1, 0.15) is 36.1 Å². The Balaban J connectivity index is 0.00000218. The lowest BCUT2D eigenvalue weighted by Crippen LogP contribution is -2.26. The van der Waals surface area contributed by atoms with Gasteiger partial charge in [-0.15, -0.1) is 0 Å². The first-order valence-corrected chi connectivity index (χ1v) is 10.1. The number of allylic oxidation sites excluding steroid dienone is 2. The van der Waals surface area contributed by atoms with Crippen LogP contribution < -0.4 is 10.1 Å². The van der Waals surface area contributed by atoms with E-state index < -0.39 is 0 Å². The topological polar surface area (TPSA) is 58.6 Å². The molecule has 2 aromatic rings. The molecule has 0 heterocycles. The molecule has 30 heavy (non-hydrogen) atoms. The van der Waals surface area contributed by atoms with Gasteiger partial charge in [-0.1, -0.05) is 57.4 Å². The van der Waals surface area contributed by atoms with Crippen LogP contribution in [-0.4, -0.2) is 17.6 Å². The van der Waals surface area contributed by atoms with Crippen molar-refractivity contribution in [2.45, 2.75) is 41.0 Å². The third-order valence-electron chi connectivity index (χ3n) is 4.25. The summed E-state index contributed by atoms with van der Waals surface area (Å²) < 4.78 is 6.01. The van der Waals surface area contributed by atoms with Gasteiger partial charge in [0.05, 0.1) is 6.42 Å². The van der Waals surface area contributed by atoms with Crippen LogP contribution in [0.4, 0.5) is 0 Å². The van der Waals surface area contributed by atoms with Crippen LogP contribution in [0, 0.1) is 20.8 Å². The SMILES string of the molecule is C=C/C=C\C(=C)CNC(=O)Cc1cc(C)c(Oc2ccc(O)c(C)c2)c(C)c1.CC. The van der Waals surface area contributed by atoms with E-state index in [0.29, 0.717) is 18.7 Å². The van der Waals surface area contributed by atoms with Gasteiger partial charge >= 0.3 is 0 Å². The van der Waals surface area contributed by atoms with Crippen LogP contribution >= 0.6 is 0 Å². The highest BCUT2D eigenvalue weighted by molar-refractivity contribution is 5.79. The van der Waals surface area contributed by atoms with Crippen molar-refractivity contribution in [1.29, 1.82) is 0 Å². The van der Waals surface area contributed by atoms with E-state index in [9.17, 15) is 9.90 Å². The molecule has 0 fully saturated rings. The maximum atomic E-state index is 12.2. The second kappa shape index (κ2) is 12.3. The van der Waals surface area contributed by atoms with Gasteiger partial charge in [0.2, 0.25) is 5.91 Å². The number of amides is 1. The molecule has 0 bridgehead atoms. The van der Waals surface area contributed by atoms with E-state index in [1.165, 1.54) is 0 Å². The Morgan fingerprint density at radius 1 is 1.10 bits per heavy atom. The van der Waals surface area contributed by atoms with Crippen molar-refractivity contribution in [2.75, 3.05) is 6.54 Å². The van der Waals surface area contributed by atoms with E-state index in [1.807, 2.05) is 52.8 Å². The number of rotatable bonds is 8. The van der Waals surface area contributed by atoms with Gasteiger partial charge in [-0.25, -0.2) is 0 Å². The van der Waals surface area contributed by atoms with Crippen LogP contribution in [0.3, 0.4) is 0 Å². The third kappa shape index (κ3) is 7.63. The maximum Gasteiger partial charge on any atom is 0.224 e. The Hall–Kier alpha value is -3.27. The standard InChI is InChI=1S/C24H27NO3.C2H6/c1-6-7-8-16(2)15-25-23(27)14-20-11-18(4)24(19(5)12-20)28-21-9-10-22(26)17(3)13-21;1-2/h6-13,26H,1-2,14-15H2,3-5H3,(H,25,27);1-2H3/b8-7-;. The first-order chi connectivity index (χ1) is 14.3. The Kier molecular flexibility index (Phi) is 10.2. The lowest BCUT2D eigenvalue weighted by molar-refractivity contribution is -0.120. The zero-order valence-electron chi connectivity index (χ0n) is 18.7. The Morgan fingerprint density at radius 3 is 2.30 bits per heavy atom. The van der Waals surface area contributed by atoms with Gasteiger partial charge in [-0.3, -0.25) is 4.79 Å². The molecule has 0 atom stereocenters. The fourth-order valence-corrected chi connectivity index (χ4v) is 2.84. The molecule has 160 valence electrons. The predicted molar refractivity (Wildman–Crippen MR) is 125 cm³/mol. The number of aryl methyl sites for hydroxylation is 3. The fourth-order valence-electron chi connectivity index (χ4n) is 2.84. The molecule has 0 aliphatic heterocycles. The molecule has 0 saturated carbocycles. The minimum Gasteiger partial charge on any atom is -0.508 e. The number of carbonyl (C=O) groups is 1. The van der Waals surface area contributed by atoms with Crippen LogP contribution in [0.2, 0.25) is 0 Å². The van der Waals surface area contributed by atoms with Crippen molar-refractivity contribution < 1.29 is 14.6 Å². The van der Waals surface area contributed by atoms with Gasteiger partial charge in [-0.2, -0.15) is 0 Å². The molecular weight excluding hydrogens is 374 g/mol. The maximum absolute atomic E-state index is 12.2. The van der Waals surface area contributed by atoms with Gasteiger partial charge in [0.15, 0.2) is 0 Å². The summed E-state index contributed by atoms with van der Waals surface area (Å²) in [6.45, 7) is 17.6. The predicted octanol–water partition coefficient (Wildman–Crippen LogP) is 6.09. The summed E-state index contributed by atoms with van der Waals surface area (Å²) >= 11 is 0. The molecule has 4 heteroatoms. The van der Waals surface area contributed by atoms with Crippen LogP contribution in [0.15, 0.2) is 67.3 Å². The van der Waals surface area contributed by atoms with Crippen LogP contribution in [0.5, 0.6) is 17.2 Å². The first kappa shape index (κ1) is 24.8. The zero-order valence-corrected chi connectivity index (χ0v) is 18.7. The number of benzene rings is 2. The number of ether oxygens (including phenoxy) is 1. The number of hydrogen-bond acceptors (Lipinski definition) is 3. The summed E-state index contributed by atoms with van der Waals surface area (Å²) in [4.78, 5) is 12.2. The Bertz CT molecular complexity index is 903. The highest BCUT2D eigenvalue weighted by Crippen LogP contribution is 2.32. The summed E-state index contributed by atoms with van der Waals surface area (Å²) in [5, 5.41) is 12.5. The quantitative estimate of drug-likeness (QED) is 0.520. The largest absolute Gasteiger partial charge is 0.508 e. The molecule has 0 spiro atoms. The van der Waals surface area contributed by atoms with E-state index in [1.54, 1.807) is 30.4 Å². The van der Waals surface area contributed by atoms with Gasteiger partial charge < -0.3 is 15.2 Å². The van der Waals surface area contributed by atoms with E-state index >= 15 is 0 Å². The molecule has 2 aromatic carbocycles. The van der Waals surface area contributed by atoms with Gasteiger partial charge in [0, 0.05) is 6.54 Å². The monoisotopic (exact) mass is 407 g/mol. The molecule has 0 unspecified atom stereocenters. The summed E-state index contributed by atoms with van der Waals surface area (Å²) in [5.41, 5.74) is 4.40. The number of carbonyl (C=O) groups excluding carboxylic acids is 1. The number of hydrogen-bond donors (Lipinski definition) is 2. The van der Waals surface area contributed by atoms with Gasteiger partial charge in [0.25, 0.3) is 0 Å². The van der Waals surface area contributed by atoms with Crippen molar-refractivity contribution in [2.24, 2.45) is 0 Å². The minimum atomic E-state index is -0.0604. The summed E-state index contributed by atoms with van der Waals surface area (Å²) in [6, 6.07) is 9.06. The third-order valence-corrected chi connectivity index (χ3v) is 4.25. The number of aromatic hydroxyl groups is 1. The highest BCUT2D eigenvalue weighted by atomic mass is 16.5. The van der Waals surface area contributed by atoms with Gasteiger partial charge in [0.1, 0.15) is 17.2 Å². The molecule has 0 saturated heterocycles. The van der Waals surface area contributed by atoms with Crippen molar-refractivity contribution >= 4 is 5.91 Å². The molecule has 1 amide bonds. The molecule has 0 aromatic heterocycles. The zero-order chi connectivity index (χ0) is 22.7. The molecule has 0 radical (unpaired) electrons. The molecule has 2 rings (SSSR count). The smallest absolute Gasteiger partial charge is 0.224 e. The van der Waals surface area contributed by atoms with Crippen molar-refractivity contribution in [3.8, 4) is 17.2 Å². The van der Waals surface area contributed by atoms with Crippen LogP contribution in [0.25, 0.3) is 0 Å². The van der Waals surface area contributed by atoms with E-state index in [2.05, 4.69) is 18.5 Å². The second-order valence-corrected chi connectivity index (χ2v) is 6.82. The lowest BCUT2D eigenvalue weighted by Gasteiger charge is -2.14. The molecular formula is C26H33NO3. The van der Waals surface area contributed by atoms with Crippen LogP contribution in [-0.2, 0) is 11.2 Å². The molecule has 2 N–H and O–H groups in total. The second-order valence-electron chi connectivity index (χ2n) is 6.82. The van der Waals surface area contributed by atoms with Gasteiger partial charge in [-0.05, 0) is 66.8 Å². The Morgan fingerprint density at radius 2 is 1.73 bits per heavy atom. The van der Waals surface area contributed by atoms with Crippen molar-refractivity contribution in [3.05, 3.63) is 89.5 Å². The average molecular weight is 408 g/mol. The Labute approximate surface area is 180 Å². The minimum absolute atomic E-state index is 0.0604. The van der Waals surface area contributed by atoms with E-state index in [4.69, 9.17) is 4.74 Å². The molecule has 0 aliphatic carbocycles. The lowest BCUT2D eigenvalue weighted by atomic mass is 10.0. The summed E-state index contributed by atoms with van der Waals surface area (Å²) in [7, 11) is 0. The van der Waals surface area contributed by atoms with E-state index in [0.717, 1.165) is 33.6 Å². The normalized spacial score (nSPS) is 10.2. The molecule has 0 aliphatic rings. The first-order valence-electron chi connectivity index (χ1n) is 10.1.